The summed E-state index contributed by atoms with van der Waals surface area (Å²) < 4.78 is 4.85. The minimum Gasteiger partial charge on any atom is -0.466 e. The second-order valence-corrected chi connectivity index (χ2v) is 5.11. The van der Waals surface area contributed by atoms with Crippen LogP contribution >= 0.6 is 11.6 Å². The van der Waals surface area contributed by atoms with Gasteiger partial charge >= 0.3 is 5.97 Å². The fourth-order valence-electron chi connectivity index (χ4n) is 2.02. The van der Waals surface area contributed by atoms with Crippen molar-refractivity contribution in [2.24, 2.45) is 0 Å². The van der Waals surface area contributed by atoms with Crippen LogP contribution in [0.25, 0.3) is 10.9 Å². The standard InChI is InChI=1S/C14H16ClN3O3/c1-3-21-12(19)4-8(2)17-14(20)11-6-10(15)5-9-7-16-18-13(9)11/h5-8H,3-4H2,1-2H3,(H,16,18)(H,17,20). The number of halogens is 1. The number of hydrogen-bond acceptors (Lipinski definition) is 4. The molecule has 0 bridgehead atoms. The highest BCUT2D eigenvalue weighted by Gasteiger charge is 2.17. The Morgan fingerprint density at radius 1 is 1.48 bits per heavy atom. The van der Waals surface area contributed by atoms with E-state index in [-0.39, 0.29) is 24.3 Å². The molecule has 21 heavy (non-hydrogen) atoms. The van der Waals surface area contributed by atoms with Crippen LogP contribution < -0.4 is 5.32 Å². The van der Waals surface area contributed by atoms with E-state index in [0.29, 0.717) is 22.7 Å². The Bertz CT molecular complexity index is 669. The second-order valence-electron chi connectivity index (χ2n) is 4.67. The SMILES string of the molecule is CCOC(=O)CC(C)NC(=O)c1cc(Cl)cc2cn[nH]c12. The van der Waals surface area contributed by atoms with Crippen molar-refractivity contribution in [1.82, 2.24) is 15.5 Å². The zero-order chi connectivity index (χ0) is 15.4. The number of rotatable bonds is 5. The van der Waals surface area contributed by atoms with Gasteiger partial charge in [-0.1, -0.05) is 11.6 Å². The molecule has 1 atom stereocenters. The van der Waals surface area contributed by atoms with Gasteiger partial charge in [0.25, 0.3) is 5.91 Å². The van der Waals surface area contributed by atoms with Crippen LogP contribution in [0.4, 0.5) is 0 Å². The van der Waals surface area contributed by atoms with Crippen molar-refractivity contribution in [3.8, 4) is 0 Å². The molecule has 0 aliphatic heterocycles. The van der Waals surface area contributed by atoms with Gasteiger partial charge in [-0.15, -0.1) is 0 Å². The monoisotopic (exact) mass is 309 g/mol. The first-order chi connectivity index (χ1) is 10.0. The molecule has 2 rings (SSSR count). The van der Waals surface area contributed by atoms with Crippen molar-refractivity contribution in [2.45, 2.75) is 26.3 Å². The number of carbonyl (C=O) groups excluding carboxylic acids is 2. The number of aromatic nitrogens is 2. The van der Waals surface area contributed by atoms with Gasteiger partial charge in [0.1, 0.15) is 0 Å². The quantitative estimate of drug-likeness (QED) is 0.830. The number of H-pyrrole nitrogens is 1. The molecule has 1 aromatic carbocycles. The average Bonchev–Trinajstić information content (AvgIpc) is 2.85. The number of nitrogens with zero attached hydrogens (tertiary/aromatic N) is 1. The number of ether oxygens (including phenoxy) is 1. The molecule has 6 nitrogen and oxygen atoms in total. The van der Waals surface area contributed by atoms with Crippen LogP contribution in [0.3, 0.4) is 0 Å². The van der Waals surface area contributed by atoms with Crippen LogP contribution in [0.5, 0.6) is 0 Å². The molecule has 112 valence electrons. The number of hydrogen-bond donors (Lipinski definition) is 2. The van der Waals surface area contributed by atoms with Crippen molar-refractivity contribution < 1.29 is 14.3 Å². The summed E-state index contributed by atoms with van der Waals surface area (Å²) in [6.45, 7) is 3.80. The summed E-state index contributed by atoms with van der Waals surface area (Å²) >= 11 is 5.99. The third-order valence-electron chi connectivity index (χ3n) is 2.91. The Hall–Kier alpha value is -2.08. The molecule has 0 radical (unpaired) electrons. The highest BCUT2D eigenvalue weighted by Crippen LogP contribution is 2.22. The molecule has 1 heterocycles. The molecule has 1 unspecified atom stereocenters. The smallest absolute Gasteiger partial charge is 0.307 e. The third kappa shape index (κ3) is 3.72. The Morgan fingerprint density at radius 3 is 2.95 bits per heavy atom. The van der Waals surface area contributed by atoms with E-state index in [0.717, 1.165) is 5.39 Å². The van der Waals surface area contributed by atoms with Crippen LogP contribution in [0.1, 0.15) is 30.6 Å². The largest absolute Gasteiger partial charge is 0.466 e. The maximum Gasteiger partial charge on any atom is 0.307 e. The lowest BCUT2D eigenvalue weighted by atomic mass is 10.1. The molecule has 0 saturated carbocycles. The Balaban J connectivity index is 2.12. The van der Waals surface area contributed by atoms with E-state index in [2.05, 4.69) is 15.5 Å². The molecule has 7 heteroatoms. The van der Waals surface area contributed by atoms with Crippen LogP contribution in [-0.4, -0.2) is 34.7 Å². The number of carbonyl (C=O) groups is 2. The van der Waals surface area contributed by atoms with Crippen molar-refractivity contribution in [3.63, 3.8) is 0 Å². The summed E-state index contributed by atoms with van der Waals surface area (Å²) in [5.41, 5.74) is 1.01. The van der Waals surface area contributed by atoms with Crippen molar-refractivity contribution in [1.29, 1.82) is 0 Å². The van der Waals surface area contributed by atoms with Gasteiger partial charge in [-0.25, -0.2) is 0 Å². The summed E-state index contributed by atoms with van der Waals surface area (Å²) in [7, 11) is 0. The third-order valence-corrected chi connectivity index (χ3v) is 3.13. The second kappa shape index (κ2) is 6.58. The maximum atomic E-state index is 12.3. The molecular weight excluding hydrogens is 294 g/mol. The topological polar surface area (TPSA) is 84.1 Å². The zero-order valence-electron chi connectivity index (χ0n) is 11.8. The predicted molar refractivity (Wildman–Crippen MR) is 79.3 cm³/mol. The molecule has 1 amide bonds. The van der Waals surface area contributed by atoms with Crippen molar-refractivity contribution in [3.05, 3.63) is 28.9 Å². The van der Waals surface area contributed by atoms with Crippen LogP contribution in [0, 0.1) is 0 Å². The molecule has 0 saturated heterocycles. The van der Waals surface area contributed by atoms with E-state index in [1.54, 1.807) is 32.2 Å². The van der Waals surface area contributed by atoms with Gasteiger partial charge in [-0.3, -0.25) is 14.7 Å². The highest BCUT2D eigenvalue weighted by molar-refractivity contribution is 6.32. The molecule has 1 aromatic heterocycles. The zero-order valence-corrected chi connectivity index (χ0v) is 12.5. The first kappa shape index (κ1) is 15.3. The Morgan fingerprint density at radius 2 is 2.24 bits per heavy atom. The summed E-state index contributed by atoms with van der Waals surface area (Å²) in [5.74, 6) is -0.661. The fourth-order valence-corrected chi connectivity index (χ4v) is 2.25. The Kier molecular flexibility index (Phi) is 4.80. The molecule has 2 aromatic rings. The van der Waals surface area contributed by atoms with Crippen LogP contribution in [0.2, 0.25) is 5.02 Å². The predicted octanol–water partition coefficient (Wildman–Crippen LogP) is 2.29. The first-order valence-corrected chi connectivity index (χ1v) is 6.98. The number of benzene rings is 1. The van der Waals surface area contributed by atoms with Crippen molar-refractivity contribution >= 4 is 34.4 Å². The van der Waals surface area contributed by atoms with Crippen LogP contribution in [-0.2, 0) is 9.53 Å². The number of aromatic amines is 1. The van der Waals surface area contributed by atoms with Gasteiger partial charge in [0.2, 0.25) is 0 Å². The number of esters is 1. The molecular formula is C14H16ClN3O3. The van der Waals surface area contributed by atoms with Gasteiger partial charge in [0.15, 0.2) is 0 Å². The first-order valence-electron chi connectivity index (χ1n) is 6.60. The van der Waals surface area contributed by atoms with E-state index in [4.69, 9.17) is 16.3 Å². The van der Waals surface area contributed by atoms with Crippen LogP contribution in [0.15, 0.2) is 18.3 Å². The summed E-state index contributed by atoms with van der Waals surface area (Å²) in [6, 6.07) is 2.95. The van der Waals surface area contributed by atoms with E-state index >= 15 is 0 Å². The number of nitrogens with one attached hydrogen (secondary N) is 2. The number of amides is 1. The minimum absolute atomic E-state index is 0.117. The molecule has 2 N–H and O–H groups in total. The fraction of sp³-hybridized carbons (Fsp3) is 0.357. The van der Waals surface area contributed by atoms with E-state index in [1.165, 1.54) is 0 Å². The average molecular weight is 310 g/mol. The Labute approximate surface area is 126 Å². The van der Waals surface area contributed by atoms with E-state index < -0.39 is 0 Å². The summed E-state index contributed by atoms with van der Waals surface area (Å²) in [5, 5.41) is 10.6. The van der Waals surface area contributed by atoms with E-state index in [9.17, 15) is 9.59 Å². The summed E-state index contributed by atoms with van der Waals surface area (Å²) in [4.78, 5) is 23.7. The molecule has 0 aliphatic carbocycles. The van der Waals surface area contributed by atoms with E-state index in [1.807, 2.05) is 0 Å². The normalized spacial score (nSPS) is 12.1. The molecule has 0 fully saturated rings. The summed E-state index contributed by atoms with van der Waals surface area (Å²) in [6.07, 6.45) is 1.71. The van der Waals surface area contributed by atoms with Gasteiger partial charge in [-0.05, 0) is 26.0 Å². The molecule has 0 aliphatic rings. The van der Waals surface area contributed by atoms with Gasteiger partial charge < -0.3 is 10.1 Å². The highest BCUT2D eigenvalue weighted by atomic mass is 35.5. The van der Waals surface area contributed by atoms with Gasteiger partial charge in [0, 0.05) is 16.5 Å². The van der Waals surface area contributed by atoms with Gasteiger partial charge in [0.05, 0.1) is 30.3 Å². The lowest BCUT2D eigenvalue weighted by Crippen LogP contribution is -2.34. The van der Waals surface area contributed by atoms with Crippen molar-refractivity contribution in [2.75, 3.05) is 6.61 Å². The molecule has 0 spiro atoms. The maximum absolute atomic E-state index is 12.3. The lowest BCUT2D eigenvalue weighted by molar-refractivity contribution is -0.143. The van der Waals surface area contributed by atoms with Gasteiger partial charge in [-0.2, -0.15) is 5.10 Å². The minimum atomic E-state index is -0.344. The lowest BCUT2D eigenvalue weighted by Gasteiger charge is -2.13. The number of fused-ring (bicyclic) bond motifs is 1.